The standard InChI is InChI=1S/C21H29N5O4S/c1-15(2)12-19(20(27)23-10-9-22)24-21(28)26-11-5-7-17(14-26)16-6-4-8-18(13-16)25-31(3,29)30/h4,6,8,13-15,19,25H,5,7,10-12H2,1-3H3,(H,23,27)(H,24,28). The number of hydrogen-bond acceptors (Lipinski definition) is 5. The number of carbonyl (C=O) groups is 2. The van der Waals surface area contributed by atoms with Crippen LogP contribution >= 0.6 is 0 Å². The minimum absolute atomic E-state index is 0.116. The lowest BCUT2D eigenvalue weighted by atomic mass is 9.99. The van der Waals surface area contributed by atoms with Crippen molar-refractivity contribution in [2.75, 3.05) is 24.1 Å². The van der Waals surface area contributed by atoms with Crippen LogP contribution in [0.1, 0.15) is 38.7 Å². The molecule has 9 nitrogen and oxygen atoms in total. The molecule has 3 amide bonds. The van der Waals surface area contributed by atoms with Crippen LogP contribution in [0.25, 0.3) is 5.57 Å². The van der Waals surface area contributed by atoms with E-state index in [0.717, 1.165) is 30.2 Å². The molecule has 168 valence electrons. The van der Waals surface area contributed by atoms with Gasteiger partial charge in [0.2, 0.25) is 15.9 Å². The predicted molar refractivity (Wildman–Crippen MR) is 119 cm³/mol. The van der Waals surface area contributed by atoms with Crippen molar-refractivity contribution < 1.29 is 18.0 Å². The van der Waals surface area contributed by atoms with E-state index in [4.69, 9.17) is 5.26 Å². The predicted octanol–water partition coefficient (Wildman–Crippen LogP) is 2.26. The first kappa shape index (κ1) is 24.2. The van der Waals surface area contributed by atoms with Gasteiger partial charge >= 0.3 is 6.03 Å². The summed E-state index contributed by atoms with van der Waals surface area (Å²) in [5.41, 5.74) is 2.16. The molecule has 1 aliphatic rings. The maximum atomic E-state index is 12.8. The minimum atomic E-state index is -3.39. The van der Waals surface area contributed by atoms with Crippen molar-refractivity contribution in [3.05, 3.63) is 36.0 Å². The summed E-state index contributed by atoms with van der Waals surface area (Å²) < 4.78 is 25.4. The fourth-order valence-electron chi connectivity index (χ4n) is 3.32. The van der Waals surface area contributed by atoms with E-state index < -0.39 is 16.1 Å². The van der Waals surface area contributed by atoms with Gasteiger partial charge in [-0.2, -0.15) is 5.26 Å². The summed E-state index contributed by atoms with van der Waals surface area (Å²) in [6.07, 6.45) is 4.75. The first-order valence-electron chi connectivity index (χ1n) is 10.1. The maximum absolute atomic E-state index is 12.8. The number of carbonyl (C=O) groups excluding carboxylic acids is 2. The van der Waals surface area contributed by atoms with Gasteiger partial charge in [-0.25, -0.2) is 13.2 Å². The zero-order chi connectivity index (χ0) is 23.0. The van der Waals surface area contributed by atoms with E-state index in [1.165, 1.54) is 4.90 Å². The van der Waals surface area contributed by atoms with Crippen LogP contribution in [0.5, 0.6) is 0 Å². The molecule has 1 heterocycles. The molecule has 2 rings (SSSR count). The van der Waals surface area contributed by atoms with Gasteiger partial charge in [0.15, 0.2) is 0 Å². The molecule has 0 aromatic heterocycles. The third-order valence-electron chi connectivity index (χ3n) is 4.62. The Morgan fingerprint density at radius 1 is 1.29 bits per heavy atom. The third-order valence-corrected chi connectivity index (χ3v) is 5.22. The Bertz CT molecular complexity index is 982. The number of allylic oxidation sites excluding steroid dienone is 1. The van der Waals surface area contributed by atoms with Crippen LogP contribution in [-0.2, 0) is 14.8 Å². The summed E-state index contributed by atoms with van der Waals surface area (Å²) in [6, 6.07) is 7.73. The Kier molecular flexibility index (Phi) is 8.45. The van der Waals surface area contributed by atoms with Crippen LogP contribution in [0.3, 0.4) is 0 Å². The quantitative estimate of drug-likeness (QED) is 0.526. The second kappa shape index (κ2) is 10.8. The van der Waals surface area contributed by atoms with Crippen molar-refractivity contribution in [1.29, 1.82) is 5.26 Å². The monoisotopic (exact) mass is 447 g/mol. The van der Waals surface area contributed by atoms with E-state index in [0.29, 0.717) is 18.7 Å². The van der Waals surface area contributed by atoms with E-state index in [-0.39, 0.29) is 24.4 Å². The molecule has 10 heteroatoms. The van der Waals surface area contributed by atoms with Gasteiger partial charge in [0, 0.05) is 18.4 Å². The van der Waals surface area contributed by atoms with E-state index in [9.17, 15) is 18.0 Å². The topological polar surface area (TPSA) is 131 Å². The number of anilines is 1. The van der Waals surface area contributed by atoms with Gasteiger partial charge < -0.3 is 15.5 Å². The highest BCUT2D eigenvalue weighted by Gasteiger charge is 2.25. The Hall–Kier alpha value is -3.06. The Labute approximate surface area is 183 Å². The molecule has 1 unspecified atom stereocenters. The Morgan fingerprint density at radius 2 is 2.03 bits per heavy atom. The van der Waals surface area contributed by atoms with Crippen LogP contribution in [0, 0.1) is 17.2 Å². The van der Waals surface area contributed by atoms with Crippen molar-refractivity contribution in [2.24, 2.45) is 5.92 Å². The smallest absolute Gasteiger partial charge is 0.322 e. The molecule has 0 saturated carbocycles. The van der Waals surface area contributed by atoms with Crippen LogP contribution in [-0.4, -0.2) is 50.6 Å². The molecule has 3 N–H and O–H groups in total. The normalized spacial score (nSPS) is 14.9. The van der Waals surface area contributed by atoms with Gasteiger partial charge in [-0.05, 0) is 48.4 Å². The van der Waals surface area contributed by atoms with Gasteiger partial charge in [0.1, 0.15) is 12.6 Å². The number of rotatable bonds is 8. The van der Waals surface area contributed by atoms with Crippen LogP contribution in [0.15, 0.2) is 30.5 Å². The number of hydrogen-bond donors (Lipinski definition) is 3. The fourth-order valence-corrected chi connectivity index (χ4v) is 3.87. The Balaban J connectivity index is 2.16. The molecule has 1 atom stereocenters. The SMILES string of the molecule is CC(C)CC(NC(=O)N1C=C(c2cccc(NS(C)(=O)=O)c2)CCC1)C(=O)NCC#N. The molecule has 0 fully saturated rings. The molecule has 1 aromatic carbocycles. The molecule has 0 spiro atoms. The number of sulfonamides is 1. The number of nitriles is 1. The second-order valence-electron chi connectivity index (χ2n) is 7.91. The number of amides is 3. The van der Waals surface area contributed by atoms with Gasteiger partial charge in [0.25, 0.3) is 0 Å². The average Bonchev–Trinajstić information content (AvgIpc) is 2.70. The van der Waals surface area contributed by atoms with E-state index in [1.54, 1.807) is 24.4 Å². The van der Waals surface area contributed by atoms with Crippen molar-refractivity contribution in [3.63, 3.8) is 0 Å². The summed E-state index contributed by atoms with van der Waals surface area (Å²) in [6.45, 7) is 4.29. The summed E-state index contributed by atoms with van der Waals surface area (Å²) in [7, 11) is -3.39. The average molecular weight is 448 g/mol. The highest BCUT2D eigenvalue weighted by Crippen LogP contribution is 2.27. The zero-order valence-electron chi connectivity index (χ0n) is 18.0. The first-order valence-corrected chi connectivity index (χ1v) is 12.0. The molecular weight excluding hydrogens is 418 g/mol. The van der Waals surface area contributed by atoms with Crippen LogP contribution < -0.4 is 15.4 Å². The van der Waals surface area contributed by atoms with Gasteiger partial charge in [0.05, 0.1) is 12.3 Å². The van der Waals surface area contributed by atoms with Crippen molar-refractivity contribution >= 4 is 33.2 Å². The van der Waals surface area contributed by atoms with E-state index in [2.05, 4.69) is 15.4 Å². The largest absolute Gasteiger partial charge is 0.341 e. The lowest BCUT2D eigenvalue weighted by molar-refractivity contribution is -0.123. The lowest BCUT2D eigenvalue weighted by Gasteiger charge is -2.28. The molecule has 0 radical (unpaired) electrons. The first-order chi connectivity index (χ1) is 14.6. The van der Waals surface area contributed by atoms with Gasteiger partial charge in [-0.15, -0.1) is 0 Å². The van der Waals surface area contributed by atoms with Gasteiger partial charge in [-0.1, -0.05) is 26.0 Å². The van der Waals surface area contributed by atoms with E-state index in [1.807, 2.05) is 26.0 Å². The minimum Gasteiger partial charge on any atom is -0.341 e. The second-order valence-corrected chi connectivity index (χ2v) is 9.66. The zero-order valence-corrected chi connectivity index (χ0v) is 18.8. The molecule has 1 aromatic rings. The molecule has 31 heavy (non-hydrogen) atoms. The number of benzene rings is 1. The maximum Gasteiger partial charge on any atom is 0.322 e. The number of nitrogens with zero attached hydrogens (tertiary/aromatic N) is 2. The van der Waals surface area contributed by atoms with Crippen molar-refractivity contribution in [3.8, 4) is 6.07 Å². The number of urea groups is 1. The summed E-state index contributed by atoms with van der Waals surface area (Å²) >= 11 is 0. The summed E-state index contributed by atoms with van der Waals surface area (Å²) in [4.78, 5) is 26.7. The van der Waals surface area contributed by atoms with Gasteiger partial charge in [-0.3, -0.25) is 9.52 Å². The highest BCUT2D eigenvalue weighted by atomic mass is 32.2. The molecular formula is C21H29N5O4S. The lowest BCUT2D eigenvalue weighted by Crippen LogP contribution is -2.51. The van der Waals surface area contributed by atoms with Crippen LogP contribution in [0.2, 0.25) is 0 Å². The molecule has 0 bridgehead atoms. The van der Waals surface area contributed by atoms with Crippen LogP contribution in [0.4, 0.5) is 10.5 Å². The summed E-state index contributed by atoms with van der Waals surface area (Å²) in [5.74, 6) is -0.208. The van der Waals surface area contributed by atoms with E-state index >= 15 is 0 Å². The van der Waals surface area contributed by atoms with Crippen molar-refractivity contribution in [2.45, 2.75) is 39.2 Å². The Morgan fingerprint density at radius 3 is 2.68 bits per heavy atom. The van der Waals surface area contributed by atoms with Crippen molar-refractivity contribution in [1.82, 2.24) is 15.5 Å². The fraction of sp³-hybridized carbons (Fsp3) is 0.476. The molecule has 0 saturated heterocycles. The highest BCUT2D eigenvalue weighted by molar-refractivity contribution is 7.92. The third kappa shape index (κ3) is 7.94. The molecule has 0 aliphatic carbocycles. The molecule has 1 aliphatic heterocycles. The summed E-state index contributed by atoms with van der Waals surface area (Å²) in [5, 5.41) is 13.9. The number of nitrogens with one attached hydrogen (secondary N) is 3.